The number of aromatic amines is 1. The van der Waals surface area contributed by atoms with E-state index in [1.54, 1.807) is 24.3 Å². The molecule has 3 N–H and O–H groups in total. The lowest BCUT2D eigenvalue weighted by molar-refractivity contribution is 0.0655. The number of hydrogen-bond acceptors (Lipinski definition) is 5. The van der Waals surface area contributed by atoms with Crippen LogP contribution in [0.1, 0.15) is 32.4 Å². The number of H-pyrrole nitrogens is 1. The number of carbonyl (C=O) groups is 2. The molecule has 0 saturated carbocycles. The summed E-state index contributed by atoms with van der Waals surface area (Å²) in [5, 5.41) is 6.85. The molecule has 2 heterocycles. The summed E-state index contributed by atoms with van der Waals surface area (Å²) in [6.45, 7) is 0.763. The van der Waals surface area contributed by atoms with Crippen molar-refractivity contribution in [3.05, 3.63) is 47.0 Å². The van der Waals surface area contributed by atoms with Gasteiger partial charge >= 0.3 is 0 Å². The van der Waals surface area contributed by atoms with Crippen LogP contribution in [0.2, 0.25) is 0 Å². The number of amides is 2. The Balaban J connectivity index is 1.69. The van der Waals surface area contributed by atoms with Crippen LogP contribution in [0.4, 0.5) is 0 Å². The Morgan fingerprint density at radius 2 is 1.76 bits per heavy atom. The lowest BCUT2D eigenvalue weighted by Gasteiger charge is -2.11. The van der Waals surface area contributed by atoms with E-state index in [2.05, 4.69) is 15.2 Å². The molecule has 21 heavy (non-hydrogen) atoms. The highest BCUT2D eigenvalue weighted by Gasteiger charge is 2.34. The van der Waals surface area contributed by atoms with Crippen molar-refractivity contribution in [1.82, 2.24) is 20.1 Å². The molecule has 1 aromatic heterocycles. The third-order valence-electron chi connectivity index (χ3n) is 3.40. The topological polar surface area (TPSA) is 105 Å². The Morgan fingerprint density at radius 3 is 2.38 bits per heavy atom. The molecule has 1 aliphatic heterocycles. The molecule has 1 aromatic carbocycles. The smallest absolute Gasteiger partial charge is 0.261 e. The SMILES string of the molecule is NCCc1nc(CCN2C(=O)c3ccccc3C2=O)n[nH]1. The van der Waals surface area contributed by atoms with Crippen LogP contribution in [-0.4, -0.2) is 45.0 Å². The molecule has 0 fully saturated rings. The van der Waals surface area contributed by atoms with E-state index in [1.807, 2.05) is 0 Å². The summed E-state index contributed by atoms with van der Waals surface area (Å²) in [5.74, 6) is 0.784. The van der Waals surface area contributed by atoms with Gasteiger partial charge in [0.25, 0.3) is 11.8 Å². The van der Waals surface area contributed by atoms with E-state index in [0.29, 0.717) is 36.3 Å². The molecule has 0 aliphatic carbocycles. The fourth-order valence-corrected chi connectivity index (χ4v) is 2.35. The fourth-order valence-electron chi connectivity index (χ4n) is 2.35. The highest BCUT2D eigenvalue weighted by Crippen LogP contribution is 2.22. The predicted octanol–water partition coefficient (Wildman–Crippen LogP) is 0.145. The van der Waals surface area contributed by atoms with Gasteiger partial charge in [-0.05, 0) is 18.7 Å². The Hall–Kier alpha value is -2.54. The Kier molecular flexibility index (Phi) is 3.49. The number of nitrogens with one attached hydrogen (secondary N) is 1. The van der Waals surface area contributed by atoms with Crippen LogP contribution < -0.4 is 5.73 Å². The van der Waals surface area contributed by atoms with Gasteiger partial charge < -0.3 is 5.73 Å². The van der Waals surface area contributed by atoms with E-state index >= 15 is 0 Å². The standard InChI is InChI=1S/C14H15N5O2/c15-7-5-11-16-12(18-17-11)6-8-19-13(20)9-3-1-2-4-10(9)14(19)21/h1-4H,5-8,15H2,(H,16,17,18). The molecule has 0 unspecified atom stereocenters. The molecule has 2 amide bonds. The van der Waals surface area contributed by atoms with Crippen LogP contribution in [0.3, 0.4) is 0 Å². The number of carbonyl (C=O) groups excluding carboxylic acids is 2. The molecule has 0 atom stereocenters. The minimum absolute atomic E-state index is 0.256. The summed E-state index contributed by atoms with van der Waals surface area (Å²) >= 11 is 0. The third kappa shape index (κ3) is 2.43. The van der Waals surface area contributed by atoms with Gasteiger partial charge in [-0.25, -0.2) is 4.98 Å². The van der Waals surface area contributed by atoms with Crippen LogP contribution in [0.5, 0.6) is 0 Å². The van der Waals surface area contributed by atoms with Crippen molar-refractivity contribution in [2.24, 2.45) is 5.73 Å². The van der Waals surface area contributed by atoms with Gasteiger partial charge in [0.2, 0.25) is 0 Å². The lowest BCUT2D eigenvalue weighted by atomic mass is 10.1. The van der Waals surface area contributed by atoms with Gasteiger partial charge in [-0.1, -0.05) is 12.1 Å². The maximum Gasteiger partial charge on any atom is 0.261 e. The molecule has 0 saturated heterocycles. The molecule has 2 aromatic rings. The minimum atomic E-state index is -0.256. The first-order chi connectivity index (χ1) is 10.2. The number of rotatable bonds is 5. The van der Waals surface area contributed by atoms with Crippen LogP contribution >= 0.6 is 0 Å². The molecule has 0 radical (unpaired) electrons. The van der Waals surface area contributed by atoms with E-state index in [1.165, 1.54) is 4.90 Å². The quantitative estimate of drug-likeness (QED) is 0.760. The number of fused-ring (bicyclic) bond motifs is 1. The summed E-state index contributed by atoms with van der Waals surface area (Å²) in [5.41, 5.74) is 6.36. The van der Waals surface area contributed by atoms with Crippen molar-refractivity contribution < 1.29 is 9.59 Å². The molecule has 108 valence electrons. The van der Waals surface area contributed by atoms with Crippen molar-refractivity contribution in [2.45, 2.75) is 12.8 Å². The predicted molar refractivity (Wildman–Crippen MR) is 74.7 cm³/mol. The second kappa shape index (κ2) is 5.45. The van der Waals surface area contributed by atoms with Crippen molar-refractivity contribution in [1.29, 1.82) is 0 Å². The van der Waals surface area contributed by atoms with Crippen molar-refractivity contribution in [2.75, 3.05) is 13.1 Å². The molecule has 7 nitrogen and oxygen atoms in total. The van der Waals surface area contributed by atoms with E-state index < -0.39 is 0 Å². The zero-order chi connectivity index (χ0) is 14.8. The second-order valence-corrected chi connectivity index (χ2v) is 4.79. The van der Waals surface area contributed by atoms with Crippen LogP contribution in [0.25, 0.3) is 0 Å². The van der Waals surface area contributed by atoms with E-state index in [-0.39, 0.29) is 18.4 Å². The van der Waals surface area contributed by atoms with Crippen molar-refractivity contribution in [3.63, 3.8) is 0 Å². The van der Waals surface area contributed by atoms with Crippen LogP contribution in [-0.2, 0) is 12.8 Å². The monoisotopic (exact) mass is 285 g/mol. The second-order valence-electron chi connectivity index (χ2n) is 4.79. The summed E-state index contributed by atoms with van der Waals surface area (Å²) in [7, 11) is 0. The molecule has 3 rings (SSSR count). The van der Waals surface area contributed by atoms with Crippen molar-refractivity contribution >= 4 is 11.8 Å². The van der Waals surface area contributed by atoms with Gasteiger partial charge in [-0.15, -0.1) is 0 Å². The number of nitrogens with zero attached hydrogens (tertiary/aromatic N) is 3. The Bertz CT molecular complexity index is 659. The maximum absolute atomic E-state index is 12.2. The largest absolute Gasteiger partial charge is 0.330 e. The van der Waals surface area contributed by atoms with Crippen molar-refractivity contribution in [3.8, 4) is 0 Å². The van der Waals surface area contributed by atoms with Gasteiger partial charge in [0.05, 0.1) is 11.1 Å². The van der Waals surface area contributed by atoms with Gasteiger partial charge in [0, 0.05) is 19.4 Å². The van der Waals surface area contributed by atoms with E-state index in [9.17, 15) is 9.59 Å². The minimum Gasteiger partial charge on any atom is -0.330 e. The Labute approximate surface area is 121 Å². The first-order valence-corrected chi connectivity index (χ1v) is 6.76. The van der Waals surface area contributed by atoms with Gasteiger partial charge in [-0.2, -0.15) is 5.10 Å². The number of imide groups is 1. The molecule has 7 heteroatoms. The zero-order valence-corrected chi connectivity index (χ0v) is 11.4. The number of benzene rings is 1. The molecule has 0 bridgehead atoms. The van der Waals surface area contributed by atoms with E-state index in [0.717, 1.165) is 5.82 Å². The van der Waals surface area contributed by atoms with Gasteiger partial charge in [-0.3, -0.25) is 19.6 Å². The summed E-state index contributed by atoms with van der Waals surface area (Å²) in [4.78, 5) is 29.9. The fraction of sp³-hybridized carbons (Fsp3) is 0.286. The summed E-state index contributed by atoms with van der Waals surface area (Å²) in [6.07, 6.45) is 1.05. The maximum atomic E-state index is 12.2. The summed E-state index contributed by atoms with van der Waals surface area (Å²) in [6, 6.07) is 6.84. The third-order valence-corrected chi connectivity index (χ3v) is 3.40. The molecule has 1 aliphatic rings. The number of aromatic nitrogens is 3. The average molecular weight is 285 g/mol. The zero-order valence-electron chi connectivity index (χ0n) is 11.4. The van der Waals surface area contributed by atoms with Crippen LogP contribution in [0, 0.1) is 0 Å². The molecular formula is C14H15N5O2. The highest BCUT2D eigenvalue weighted by molar-refractivity contribution is 6.21. The number of hydrogen-bond donors (Lipinski definition) is 2. The first-order valence-electron chi connectivity index (χ1n) is 6.76. The number of nitrogens with two attached hydrogens (primary N) is 1. The first kappa shape index (κ1) is 13.4. The normalized spacial score (nSPS) is 13.9. The summed E-state index contributed by atoms with van der Waals surface area (Å²) < 4.78 is 0. The van der Waals surface area contributed by atoms with Gasteiger partial charge in [0.1, 0.15) is 5.82 Å². The molecule has 0 spiro atoms. The molecular weight excluding hydrogens is 270 g/mol. The van der Waals surface area contributed by atoms with E-state index in [4.69, 9.17) is 5.73 Å². The Morgan fingerprint density at radius 1 is 1.10 bits per heavy atom. The average Bonchev–Trinajstić information content (AvgIpc) is 3.03. The highest BCUT2D eigenvalue weighted by atomic mass is 16.2. The van der Waals surface area contributed by atoms with Gasteiger partial charge in [0.15, 0.2) is 5.82 Å². The van der Waals surface area contributed by atoms with Crippen LogP contribution in [0.15, 0.2) is 24.3 Å². The lowest BCUT2D eigenvalue weighted by Crippen LogP contribution is -2.31.